The molecule has 154 valence electrons. The molecule has 0 bridgehead atoms. The number of rotatable bonds is 5. The quantitative estimate of drug-likeness (QED) is 0.649. The first kappa shape index (κ1) is 18.9. The van der Waals surface area contributed by atoms with E-state index in [1.807, 2.05) is 53.6 Å². The van der Waals surface area contributed by atoms with E-state index in [0.717, 1.165) is 35.7 Å². The van der Waals surface area contributed by atoms with Crippen LogP contribution in [0.1, 0.15) is 27.7 Å². The topological polar surface area (TPSA) is 37.7 Å². The molecule has 0 N–H and O–H groups in total. The normalized spacial score (nSPS) is 20.9. The third kappa shape index (κ3) is 3.37. The van der Waals surface area contributed by atoms with Gasteiger partial charge in [0.15, 0.2) is 0 Å². The van der Waals surface area contributed by atoms with Crippen LogP contribution in [0.25, 0.3) is 0 Å². The van der Waals surface area contributed by atoms with Crippen LogP contribution in [0.4, 0.5) is 4.39 Å². The van der Waals surface area contributed by atoms with Crippen molar-refractivity contribution in [3.05, 3.63) is 89.5 Å². The second-order valence-corrected chi connectivity index (χ2v) is 8.04. The summed E-state index contributed by atoms with van der Waals surface area (Å²) in [6.07, 6.45) is 2.00. The standard InChI is InChI=1S/C24H24FN3O2/c1-30-20-9-7-17(8-10-20)14-28-23-16-26(13-18-4-2-5-19(25)12-18)15-22(23)27-11-3-6-21(27)24(28)29/h2-12,22-23H,13-16H2,1H3/t22-,23+/m1/s1. The zero-order chi connectivity index (χ0) is 20.7. The number of fused-ring (bicyclic) bond motifs is 3. The fourth-order valence-corrected chi connectivity index (χ4v) is 4.73. The summed E-state index contributed by atoms with van der Waals surface area (Å²) in [5.41, 5.74) is 2.76. The van der Waals surface area contributed by atoms with E-state index in [-0.39, 0.29) is 23.8 Å². The summed E-state index contributed by atoms with van der Waals surface area (Å²) in [6.45, 7) is 2.82. The van der Waals surface area contributed by atoms with Gasteiger partial charge in [-0.25, -0.2) is 4.39 Å². The number of hydrogen-bond acceptors (Lipinski definition) is 3. The number of carbonyl (C=O) groups is 1. The fraction of sp³-hybridized carbons (Fsp3) is 0.292. The molecule has 2 aliphatic rings. The van der Waals surface area contributed by atoms with Crippen molar-refractivity contribution in [1.82, 2.24) is 14.4 Å². The van der Waals surface area contributed by atoms with E-state index in [9.17, 15) is 9.18 Å². The minimum Gasteiger partial charge on any atom is -0.497 e. The second-order valence-electron chi connectivity index (χ2n) is 8.04. The molecule has 1 aromatic heterocycles. The van der Waals surface area contributed by atoms with Crippen molar-refractivity contribution in [2.75, 3.05) is 20.2 Å². The zero-order valence-electron chi connectivity index (χ0n) is 16.9. The lowest BCUT2D eigenvalue weighted by Gasteiger charge is -2.38. The zero-order valence-corrected chi connectivity index (χ0v) is 16.9. The van der Waals surface area contributed by atoms with E-state index in [1.54, 1.807) is 19.2 Å². The van der Waals surface area contributed by atoms with E-state index in [4.69, 9.17) is 4.74 Å². The number of aromatic nitrogens is 1. The molecule has 2 aromatic carbocycles. The molecular formula is C24H24FN3O2. The lowest BCUT2D eigenvalue weighted by Crippen LogP contribution is -2.49. The number of halogens is 1. The van der Waals surface area contributed by atoms with Crippen LogP contribution in [-0.4, -0.2) is 46.5 Å². The van der Waals surface area contributed by atoms with Crippen LogP contribution in [0.15, 0.2) is 66.9 Å². The van der Waals surface area contributed by atoms with Gasteiger partial charge in [-0.15, -0.1) is 0 Å². The van der Waals surface area contributed by atoms with Crippen LogP contribution in [0, 0.1) is 5.82 Å². The predicted molar refractivity (Wildman–Crippen MR) is 112 cm³/mol. The molecule has 3 heterocycles. The van der Waals surface area contributed by atoms with Crippen LogP contribution >= 0.6 is 0 Å². The van der Waals surface area contributed by atoms with Crippen LogP contribution in [0.3, 0.4) is 0 Å². The largest absolute Gasteiger partial charge is 0.497 e. The average molecular weight is 405 g/mol. The maximum absolute atomic E-state index is 13.6. The Morgan fingerprint density at radius 3 is 2.53 bits per heavy atom. The van der Waals surface area contributed by atoms with Gasteiger partial charge in [0, 0.05) is 32.4 Å². The van der Waals surface area contributed by atoms with Crippen molar-refractivity contribution < 1.29 is 13.9 Å². The number of methoxy groups -OCH3 is 1. The molecule has 3 aromatic rings. The summed E-state index contributed by atoms with van der Waals surface area (Å²) in [5.74, 6) is 0.649. The smallest absolute Gasteiger partial charge is 0.271 e. The number of carbonyl (C=O) groups excluding carboxylic acids is 1. The minimum atomic E-state index is -0.215. The van der Waals surface area contributed by atoms with Gasteiger partial charge < -0.3 is 14.2 Å². The first-order valence-corrected chi connectivity index (χ1v) is 10.2. The van der Waals surface area contributed by atoms with Gasteiger partial charge in [0.1, 0.15) is 17.3 Å². The highest BCUT2D eigenvalue weighted by Crippen LogP contribution is 2.35. The van der Waals surface area contributed by atoms with Crippen molar-refractivity contribution in [2.24, 2.45) is 0 Å². The highest BCUT2D eigenvalue weighted by Gasteiger charge is 2.44. The first-order chi connectivity index (χ1) is 14.6. The third-order valence-corrected chi connectivity index (χ3v) is 6.16. The SMILES string of the molecule is COc1ccc(CN2C(=O)c3cccn3[C@@H]3CN(Cc4cccc(F)c4)C[C@@H]32)cc1. The molecule has 5 rings (SSSR count). The Kier molecular flexibility index (Phi) is 4.79. The fourth-order valence-electron chi connectivity index (χ4n) is 4.73. The molecule has 5 nitrogen and oxygen atoms in total. The average Bonchev–Trinajstić information content (AvgIpc) is 3.39. The number of nitrogens with zero attached hydrogens (tertiary/aromatic N) is 3. The highest BCUT2D eigenvalue weighted by molar-refractivity contribution is 5.94. The van der Waals surface area contributed by atoms with Crippen LogP contribution in [0.2, 0.25) is 0 Å². The van der Waals surface area contributed by atoms with Gasteiger partial charge in [0.05, 0.1) is 19.2 Å². The molecule has 2 atom stereocenters. The molecule has 0 aliphatic carbocycles. The van der Waals surface area contributed by atoms with E-state index in [2.05, 4.69) is 9.47 Å². The summed E-state index contributed by atoms with van der Waals surface area (Å²) in [7, 11) is 1.65. The number of likely N-dealkylation sites (tertiary alicyclic amines) is 1. The Balaban J connectivity index is 1.41. The molecule has 1 amide bonds. The minimum absolute atomic E-state index is 0.0599. The Hall–Kier alpha value is -3.12. The van der Waals surface area contributed by atoms with Crippen molar-refractivity contribution in [3.8, 4) is 5.75 Å². The van der Waals surface area contributed by atoms with Gasteiger partial charge in [-0.05, 0) is 47.5 Å². The first-order valence-electron chi connectivity index (χ1n) is 10.2. The van der Waals surface area contributed by atoms with E-state index >= 15 is 0 Å². The summed E-state index contributed by atoms with van der Waals surface area (Å²) < 4.78 is 21.0. The van der Waals surface area contributed by atoms with E-state index < -0.39 is 0 Å². The maximum Gasteiger partial charge on any atom is 0.271 e. The Morgan fingerprint density at radius 1 is 0.967 bits per heavy atom. The molecule has 0 radical (unpaired) electrons. The van der Waals surface area contributed by atoms with Crippen molar-refractivity contribution in [1.29, 1.82) is 0 Å². The van der Waals surface area contributed by atoms with Crippen LogP contribution in [-0.2, 0) is 13.1 Å². The van der Waals surface area contributed by atoms with Gasteiger partial charge in [-0.1, -0.05) is 24.3 Å². The van der Waals surface area contributed by atoms with Crippen LogP contribution < -0.4 is 4.74 Å². The second kappa shape index (κ2) is 7.61. The molecule has 0 unspecified atom stereocenters. The molecule has 1 saturated heterocycles. The summed E-state index contributed by atoms with van der Waals surface area (Å²) >= 11 is 0. The maximum atomic E-state index is 13.6. The van der Waals surface area contributed by atoms with Crippen molar-refractivity contribution in [3.63, 3.8) is 0 Å². The molecule has 1 fully saturated rings. The molecule has 6 heteroatoms. The van der Waals surface area contributed by atoms with Gasteiger partial charge in [-0.2, -0.15) is 0 Å². The summed E-state index contributed by atoms with van der Waals surface area (Å²) in [5, 5.41) is 0. The van der Waals surface area contributed by atoms with Crippen LogP contribution in [0.5, 0.6) is 5.75 Å². The van der Waals surface area contributed by atoms with Crippen molar-refractivity contribution >= 4 is 5.91 Å². The molecule has 0 spiro atoms. The third-order valence-electron chi connectivity index (χ3n) is 6.16. The van der Waals surface area contributed by atoms with Gasteiger partial charge in [-0.3, -0.25) is 9.69 Å². The van der Waals surface area contributed by atoms with E-state index in [1.165, 1.54) is 6.07 Å². The van der Waals surface area contributed by atoms with E-state index in [0.29, 0.717) is 13.1 Å². The monoisotopic (exact) mass is 405 g/mol. The number of amides is 1. The summed E-state index contributed by atoms with van der Waals surface area (Å²) in [4.78, 5) is 17.6. The lowest BCUT2D eigenvalue weighted by molar-refractivity contribution is 0.0556. The summed E-state index contributed by atoms with van der Waals surface area (Å²) in [6, 6.07) is 18.7. The molecule has 0 saturated carbocycles. The molecule has 2 aliphatic heterocycles. The Labute approximate surface area is 175 Å². The predicted octanol–water partition coefficient (Wildman–Crippen LogP) is 3.72. The number of benzene rings is 2. The molecular weight excluding hydrogens is 381 g/mol. The number of hydrogen-bond donors (Lipinski definition) is 0. The van der Waals surface area contributed by atoms with Gasteiger partial charge >= 0.3 is 0 Å². The lowest BCUT2D eigenvalue weighted by atomic mass is 10.0. The Morgan fingerprint density at radius 2 is 1.77 bits per heavy atom. The van der Waals surface area contributed by atoms with Crippen molar-refractivity contribution in [2.45, 2.75) is 25.2 Å². The van der Waals surface area contributed by atoms with Gasteiger partial charge in [0.2, 0.25) is 0 Å². The number of ether oxygens (including phenoxy) is 1. The molecule has 30 heavy (non-hydrogen) atoms. The highest BCUT2D eigenvalue weighted by atomic mass is 19.1. The van der Waals surface area contributed by atoms with Gasteiger partial charge in [0.25, 0.3) is 5.91 Å². The Bertz CT molecular complexity index is 1060.